The maximum Gasteiger partial charge on any atom is 0.194 e. The van der Waals surface area contributed by atoms with Gasteiger partial charge in [0.25, 0.3) is 0 Å². The van der Waals surface area contributed by atoms with Crippen molar-refractivity contribution >= 4 is 35.6 Å². The molecule has 164 valence electrons. The number of guanidine groups is 1. The number of ether oxygens (including phenoxy) is 1. The van der Waals surface area contributed by atoms with Crippen LogP contribution in [0.5, 0.6) is 0 Å². The first-order chi connectivity index (χ1) is 14.2. The number of aromatic nitrogens is 3. The number of aryl methyl sites for hydroxylation is 1. The van der Waals surface area contributed by atoms with Crippen LogP contribution in [-0.2, 0) is 18.3 Å². The van der Waals surface area contributed by atoms with Crippen LogP contribution in [0.25, 0.3) is 0 Å². The van der Waals surface area contributed by atoms with E-state index in [0.717, 1.165) is 69.8 Å². The highest BCUT2D eigenvalue weighted by atomic mass is 127. The number of hydrogen-bond acceptors (Lipinski definition) is 5. The Labute approximate surface area is 195 Å². The lowest BCUT2D eigenvalue weighted by atomic mass is 10.2. The molecule has 1 N–H and O–H groups in total. The predicted octanol–water partition coefficient (Wildman–Crippen LogP) is 2.19. The first-order valence-electron chi connectivity index (χ1n) is 10.5. The molecule has 1 atom stereocenters. The van der Waals surface area contributed by atoms with E-state index in [1.165, 1.54) is 5.69 Å². The second-order valence-electron chi connectivity index (χ2n) is 7.69. The first kappa shape index (κ1) is 22.8. The highest BCUT2D eigenvalue weighted by molar-refractivity contribution is 14.0. The molecule has 2 aromatic rings. The molecule has 2 fully saturated rings. The molecule has 1 aromatic carbocycles. The van der Waals surface area contributed by atoms with Gasteiger partial charge in [-0.3, -0.25) is 0 Å². The Kier molecular flexibility index (Phi) is 8.32. The van der Waals surface area contributed by atoms with Crippen LogP contribution in [0.15, 0.2) is 35.3 Å². The van der Waals surface area contributed by atoms with Crippen molar-refractivity contribution in [2.75, 3.05) is 44.2 Å². The third-order valence-corrected chi connectivity index (χ3v) is 5.77. The summed E-state index contributed by atoms with van der Waals surface area (Å²) >= 11 is 0. The molecule has 2 aliphatic rings. The van der Waals surface area contributed by atoms with E-state index in [-0.39, 0.29) is 30.1 Å². The molecule has 0 bridgehead atoms. The van der Waals surface area contributed by atoms with Crippen molar-refractivity contribution in [3.8, 4) is 0 Å². The maximum absolute atomic E-state index is 5.78. The molecule has 0 amide bonds. The van der Waals surface area contributed by atoms with Gasteiger partial charge in [0.1, 0.15) is 12.4 Å². The zero-order chi connectivity index (χ0) is 20.1. The van der Waals surface area contributed by atoms with E-state index < -0.39 is 0 Å². The average molecular weight is 525 g/mol. The fourth-order valence-electron chi connectivity index (χ4n) is 3.83. The van der Waals surface area contributed by atoms with Crippen LogP contribution in [0, 0.1) is 6.92 Å². The predicted molar refractivity (Wildman–Crippen MR) is 129 cm³/mol. The zero-order valence-electron chi connectivity index (χ0n) is 17.8. The summed E-state index contributed by atoms with van der Waals surface area (Å²) in [7, 11) is 1.98. The Hall–Kier alpha value is -1.88. The van der Waals surface area contributed by atoms with Crippen molar-refractivity contribution in [1.29, 1.82) is 0 Å². The molecule has 2 saturated heterocycles. The molecule has 0 radical (unpaired) electrons. The monoisotopic (exact) mass is 525 g/mol. The summed E-state index contributed by atoms with van der Waals surface area (Å²) in [4.78, 5) is 9.66. The summed E-state index contributed by atoms with van der Waals surface area (Å²) in [6.45, 7) is 7.97. The van der Waals surface area contributed by atoms with Crippen molar-refractivity contribution in [1.82, 2.24) is 25.0 Å². The van der Waals surface area contributed by atoms with Gasteiger partial charge in [0.15, 0.2) is 11.8 Å². The number of hydrogen-bond donors (Lipinski definition) is 1. The smallest absolute Gasteiger partial charge is 0.194 e. The van der Waals surface area contributed by atoms with Gasteiger partial charge >= 0.3 is 0 Å². The molecule has 8 nitrogen and oxygen atoms in total. The summed E-state index contributed by atoms with van der Waals surface area (Å²) in [5.74, 6) is 2.72. The maximum atomic E-state index is 5.78. The first-order valence-corrected chi connectivity index (χ1v) is 10.5. The quantitative estimate of drug-likeness (QED) is 0.367. The Morgan fingerprint density at radius 2 is 1.93 bits per heavy atom. The summed E-state index contributed by atoms with van der Waals surface area (Å²) in [5.41, 5.74) is 1.28. The summed E-state index contributed by atoms with van der Waals surface area (Å²) in [5, 5.41) is 11.9. The van der Waals surface area contributed by atoms with E-state index in [1.54, 1.807) is 0 Å². The molecule has 9 heteroatoms. The van der Waals surface area contributed by atoms with Crippen LogP contribution in [0.3, 0.4) is 0 Å². The van der Waals surface area contributed by atoms with E-state index in [1.807, 2.05) is 18.5 Å². The molecule has 0 saturated carbocycles. The molecular formula is C21H32IN7O. The topological polar surface area (TPSA) is 70.8 Å². The van der Waals surface area contributed by atoms with Crippen molar-refractivity contribution in [3.05, 3.63) is 42.0 Å². The van der Waals surface area contributed by atoms with Crippen LogP contribution in [0.1, 0.15) is 24.5 Å². The third-order valence-electron chi connectivity index (χ3n) is 5.77. The Bertz CT molecular complexity index is 812. The third kappa shape index (κ3) is 5.63. The largest absolute Gasteiger partial charge is 0.376 e. The minimum atomic E-state index is 0. The fraction of sp³-hybridized carbons (Fsp3) is 0.571. The molecule has 1 aromatic heterocycles. The zero-order valence-corrected chi connectivity index (χ0v) is 20.2. The lowest BCUT2D eigenvalue weighted by Crippen LogP contribution is -2.53. The highest BCUT2D eigenvalue weighted by Crippen LogP contribution is 2.16. The van der Waals surface area contributed by atoms with E-state index in [2.05, 4.69) is 55.6 Å². The van der Waals surface area contributed by atoms with Crippen molar-refractivity contribution in [2.24, 2.45) is 12.0 Å². The van der Waals surface area contributed by atoms with Gasteiger partial charge in [0, 0.05) is 52.1 Å². The van der Waals surface area contributed by atoms with Gasteiger partial charge in [-0.05, 0) is 31.9 Å². The Morgan fingerprint density at radius 1 is 1.17 bits per heavy atom. The molecule has 1 unspecified atom stereocenters. The van der Waals surface area contributed by atoms with Crippen molar-refractivity contribution < 1.29 is 4.74 Å². The SMILES string of the molecule is Cc1nnc(CN=C(NCC2CCCO2)N2CCN(c3ccccc3)CC2)n1C.I. The van der Waals surface area contributed by atoms with E-state index in [4.69, 9.17) is 9.73 Å². The number of piperazine rings is 1. The number of nitrogens with one attached hydrogen (secondary N) is 1. The number of aliphatic imine (C=N–C) groups is 1. The number of para-hydroxylation sites is 1. The standard InChI is InChI=1S/C21H31N7O.HI/c1-17-24-25-20(26(17)2)16-23-21(22-15-19-9-6-14-29-19)28-12-10-27(11-13-28)18-7-4-3-5-8-18;/h3-5,7-8,19H,6,9-16H2,1-2H3,(H,22,23);1H. The number of nitrogens with zero attached hydrogens (tertiary/aromatic N) is 6. The summed E-state index contributed by atoms with van der Waals surface area (Å²) in [6, 6.07) is 10.6. The lowest BCUT2D eigenvalue weighted by Gasteiger charge is -2.38. The van der Waals surface area contributed by atoms with Crippen molar-refractivity contribution in [2.45, 2.75) is 32.4 Å². The number of anilines is 1. The average Bonchev–Trinajstić information content (AvgIpc) is 3.40. The van der Waals surface area contributed by atoms with Crippen molar-refractivity contribution in [3.63, 3.8) is 0 Å². The van der Waals surface area contributed by atoms with Crippen LogP contribution in [0.2, 0.25) is 0 Å². The molecule has 2 aliphatic heterocycles. The second kappa shape index (κ2) is 10.9. The van der Waals surface area contributed by atoms with Gasteiger partial charge in [0.2, 0.25) is 0 Å². The fourth-order valence-corrected chi connectivity index (χ4v) is 3.83. The molecule has 30 heavy (non-hydrogen) atoms. The van der Waals surface area contributed by atoms with Gasteiger partial charge in [-0.25, -0.2) is 4.99 Å². The normalized spacial score (nSPS) is 19.7. The van der Waals surface area contributed by atoms with Crippen LogP contribution >= 0.6 is 24.0 Å². The van der Waals surface area contributed by atoms with E-state index in [0.29, 0.717) is 6.54 Å². The number of rotatable bonds is 5. The molecular weight excluding hydrogens is 493 g/mol. The molecule has 3 heterocycles. The lowest BCUT2D eigenvalue weighted by molar-refractivity contribution is 0.113. The van der Waals surface area contributed by atoms with Crippen LogP contribution < -0.4 is 10.2 Å². The minimum Gasteiger partial charge on any atom is -0.376 e. The van der Waals surface area contributed by atoms with E-state index >= 15 is 0 Å². The number of benzene rings is 1. The van der Waals surface area contributed by atoms with Gasteiger partial charge in [0.05, 0.1) is 6.10 Å². The van der Waals surface area contributed by atoms with Gasteiger partial charge < -0.3 is 24.4 Å². The summed E-state index contributed by atoms with van der Waals surface area (Å²) < 4.78 is 7.77. The van der Waals surface area contributed by atoms with Gasteiger partial charge in [-0.2, -0.15) is 0 Å². The van der Waals surface area contributed by atoms with Crippen LogP contribution in [0.4, 0.5) is 5.69 Å². The molecule has 4 rings (SSSR count). The second-order valence-corrected chi connectivity index (χ2v) is 7.69. The molecule has 0 spiro atoms. The summed E-state index contributed by atoms with van der Waals surface area (Å²) in [6.07, 6.45) is 2.54. The Balaban J connectivity index is 0.00000256. The number of halogens is 1. The van der Waals surface area contributed by atoms with Crippen LogP contribution in [-0.4, -0.2) is 71.1 Å². The van der Waals surface area contributed by atoms with Gasteiger partial charge in [-0.15, -0.1) is 34.2 Å². The van der Waals surface area contributed by atoms with Gasteiger partial charge in [-0.1, -0.05) is 18.2 Å². The Morgan fingerprint density at radius 3 is 2.57 bits per heavy atom. The minimum absolute atomic E-state index is 0. The highest BCUT2D eigenvalue weighted by Gasteiger charge is 2.22. The van der Waals surface area contributed by atoms with E-state index in [9.17, 15) is 0 Å². The molecule has 0 aliphatic carbocycles.